The maximum Gasteiger partial charge on any atom is 0.271 e. The Morgan fingerprint density at radius 3 is 2.43 bits per heavy atom. The third-order valence-electron chi connectivity index (χ3n) is 4.07. The fourth-order valence-corrected chi connectivity index (χ4v) is 2.58. The van der Waals surface area contributed by atoms with Crippen molar-refractivity contribution >= 4 is 12.1 Å². The molecule has 0 unspecified atom stereocenters. The molecule has 2 aromatic carbocycles. The van der Waals surface area contributed by atoms with Crippen LogP contribution in [0, 0.1) is 0 Å². The van der Waals surface area contributed by atoms with Crippen molar-refractivity contribution in [1.82, 2.24) is 15.6 Å². The van der Waals surface area contributed by atoms with E-state index < -0.39 is 0 Å². The number of carbonyl (C=O) groups excluding carboxylic acids is 1. The van der Waals surface area contributed by atoms with Crippen LogP contribution >= 0.6 is 0 Å². The van der Waals surface area contributed by atoms with Gasteiger partial charge in [0.05, 0.1) is 39.4 Å². The van der Waals surface area contributed by atoms with Crippen molar-refractivity contribution in [1.29, 1.82) is 0 Å². The molecule has 144 valence electrons. The van der Waals surface area contributed by atoms with E-state index in [-0.39, 0.29) is 5.91 Å². The van der Waals surface area contributed by atoms with Crippen LogP contribution in [-0.2, 0) is 0 Å². The highest BCUT2D eigenvalue weighted by Gasteiger charge is 2.13. The van der Waals surface area contributed by atoms with Crippen LogP contribution < -0.4 is 19.6 Å². The SMILES string of the molecule is COc1ccc(C(=O)N/N=C/c2cn[nH]c2-c2ccc(OC)cc2OC)cc1. The lowest BCUT2D eigenvalue weighted by Gasteiger charge is -2.09. The highest BCUT2D eigenvalue weighted by Crippen LogP contribution is 2.33. The number of rotatable bonds is 7. The van der Waals surface area contributed by atoms with Gasteiger partial charge in [-0.15, -0.1) is 0 Å². The minimum Gasteiger partial charge on any atom is -0.497 e. The second-order valence-electron chi connectivity index (χ2n) is 5.69. The van der Waals surface area contributed by atoms with Crippen molar-refractivity contribution < 1.29 is 19.0 Å². The summed E-state index contributed by atoms with van der Waals surface area (Å²) >= 11 is 0. The molecule has 3 aromatic rings. The molecular formula is C20H20N4O4. The van der Waals surface area contributed by atoms with Crippen molar-refractivity contribution in [3.8, 4) is 28.5 Å². The number of nitrogens with zero attached hydrogens (tertiary/aromatic N) is 2. The molecule has 0 spiro atoms. The van der Waals surface area contributed by atoms with Crippen LogP contribution in [0.15, 0.2) is 53.8 Å². The zero-order valence-electron chi connectivity index (χ0n) is 15.7. The van der Waals surface area contributed by atoms with E-state index in [0.29, 0.717) is 34.1 Å². The number of carbonyl (C=O) groups is 1. The molecule has 0 radical (unpaired) electrons. The summed E-state index contributed by atoms with van der Waals surface area (Å²) in [4.78, 5) is 12.2. The number of ether oxygens (including phenoxy) is 3. The van der Waals surface area contributed by atoms with E-state index in [1.54, 1.807) is 57.9 Å². The molecule has 0 saturated heterocycles. The van der Waals surface area contributed by atoms with Crippen LogP contribution in [0.1, 0.15) is 15.9 Å². The number of hydrogen-bond donors (Lipinski definition) is 2. The summed E-state index contributed by atoms with van der Waals surface area (Å²) in [6, 6.07) is 12.2. The molecular weight excluding hydrogens is 360 g/mol. The molecule has 1 heterocycles. The maximum absolute atomic E-state index is 12.2. The minimum atomic E-state index is -0.328. The number of H-pyrrole nitrogens is 1. The number of hydrazone groups is 1. The molecule has 3 rings (SSSR count). The van der Waals surface area contributed by atoms with E-state index in [2.05, 4.69) is 20.7 Å². The Hall–Kier alpha value is -3.81. The average Bonchev–Trinajstić information content (AvgIpc) is 3.21. The van der Waals surface area contributed by atoms with Crippen LogP contribution in [0.4, 0.5) is 0 Å². The van der Waals surface area contributed by atoms with Gasteiger partial charge in [0, 0.05) is 22.8 Å². The highest BCUT2D eigenvalue weighted by atomic mass is 16.5. The molecule has 2 N–H and O–H groups in total. The quantitative estimate of drug-likeness (QED) is 0.485. The van der Waals surface area contributed by atoms with Gasteiger partial charge < -0.3 is 14.2 Å². The lowest BCUT2D eigenvalue weighted by Crippen LogP contribution is -2.17. The maximum atomic E-state index is 12.2. The molecule has 0 fully saturated rings. The van der Waals surface area contributed by atoms with Gasteiger partial charge in [-0.05, 0) is 36.4 Å². The lowest BCUT2D eigenvalue weighted by atomic mass is 10.1. The van der Waals surface area contributed by atoms with E-state index in [0.717, 1.165) is 5.56 Å². The fourth-order valence-electron chi connectivity index (χ4n) is 2.58. The standard InChI is InChI=1S/C20H20N4O4/c1-26-15-6-4-13(5-7-15)20(25)24-22-12-14-11-21-23-19(14)17-9-8-16(27-2)10-18(17)28-3/h4-12H,1-3H3,(H,21,23)(H,24,25)/b22-12+. The summed E-state index contributed by atoms with van der Waals surface area (Å²) in [5.41, 5.74) is 5.17. The first-order valence-electron chi connectivity index (χ1n) is 8.39. The smallest absolute Gasteiger partial charge is 0.271 e. The number of nitrogens with one attached hydrogen (secondary N) is 2. The first kappa shape index (κ1) is 19.0. The minimum absolute atomic E-state index is 0.328. The molecule has 0 saturated carbocycles. The topological polar surface area (TPSA) is 97.8 Å². The van der Waals surface area contributed by atoms with E-state index in [9.17, 15) is 4.79 Å². The van der Waals surface area contributed by atoms with Gasteiger partial charge >= 0.3 is 0 Å². The second kappa shape index (κ2) is 8.72. The van der Waals surface area contributed by atoms with Crippen LogP contribution in [-0.4, -0.2) is 43.6 Å². The summed E-state index contributed by atoms with van der Waals surface area (Å²) in [6.07, 6.45) is 3.13. The summed E-state index contributed by atoms with van der Waals surface area (Å²) in [7, 11) is 4.74. The molecule has 0 aliphatic heterocycles. The van der Waals surface area contributed by atoms with E-state index in [1.165, 1.54) is 6.21 Å². The Kier molecular flexibility index (Phi) is 5.91. The number of amides is 1. The Bertz CT molecular complexity index is 980. The summed E-state index contributed by atoms with van der Waals surface area (Å²) in [6.45, 7) is 0. The Labute approximate surface area is 162 Å². The number of hydrogen-bond acceptors (Lipinski definition) is 6. The van der Waals surface area contributed by atoms with Gasteiger partial charge in [0.25, 0.3) is 5.91 Å². The first-order valence-corrected chi connectivity index (χ1v) is 8.39. The molecule has 0 bridgehead atoms. The van der Waals surface area contributed by atoms with Gasteiger partial charge in [0.2, 0.25) is 0 Å². The van der Waals surface area contributed by atoms with Crippen LogP contribution in [0.3, 0.4) is 0 Å². The van der Waals surface area contributed by atoms with Gasteiger partial charge in [0.1, 0.15) is 17.2 Å². The molecule has 0 atom stereocenters. The molecule has 8 nitrogen and oxygen atoms in total. The third kappa shape index (κ3) is 4.12. The normalized spacial score (nSPS) is 10.7. The van der Waals surface area contributed by atoms with Crippen molar-refractivity contribution in [2.75, 3.05) is 21.3 Å². The van der Waals surface area contributed by atoms with Gasteiger partial charge in [0.15, 0.2) is 0 Å². The predicted octanol–water partition coefficient (Wildman–Crippen LogP) is 2.87. The van der Waals surface area contributed by atoms with Gasteiger partial charge in [-0.3, -0.25) is 9.89 Å². The number of aromatic amines is 1. The van der Waals surface area contributed by atoms with Crippen molar-refractivity contribution in [2.24, 2.45) is 5.10 Å². The van der Waals surface area contributed by atoms with E-state index in [4.69, 9.17) is 14.2 Å². The fraction of sp³-hybridized carbons (Fsp3) is 0.150. The Morgan fingerprint density at radius 1 is 1.04 bits per heavy atom. The lowest BCUT2D eigenvalue weighted by molar-refractivity contribution is 0.0955. The van der Waals surface area contributed by atoms with Gasteiger partial charge in [-0.25, -0.2) is 5.43 Å². The molecule has 0 aliphatic rings. The van der Waals surface area contributed by atoms with Crippen LogP contribution in [0.25, 0.3) is 11.3 Å². The molecule has 1 amide bonds. The van der Waals surface area contributed by atoms with Gasteiger partial charge in [-0.1, -0.05) is 0 Å². The Balaban J connectivity index is 1.76. The molecule has 28 heavy (non-hydrogen) atoms. The molecule has 1 aromatic heterocycles. The zero-order valence-corrected chi connectivity index (χ0v) is 15.7. The van der Waals surface area contributed by atoms with Gasteiger partial charge in [-0.2, -0.15) is 10.2 Å². The van der Waals surface area contributed by atoms with Crippen molar-refractivity contribution in [2.45, 2.75) is 0 Å². The van der Waals surface area contributed by atoms with Crippen LogP contribution in [0.5, 0.6) is 17.2 Å². The third-order valence-corrected chi connectivity index (χ3v) is 4.07. The van der Waals surface area contributed by atoms with Crippen LogP contribution in [0.2, 0.25) is 0 Å². The highest BCUT2D eigenvalue weighted by molar-refractivity contribution is 5.96. The summed E-state index contributed by atoms with van der Waals surface area (Å²) in [5, 5.41) is 11.0. The molecule has 0 aliphatic carbocycles. The zero-order chi connectivity index (χ0) is 19.9. The number of aromatic nitrogens is 2. The van der Waals surface area contributed by atoms with E-state index >= 15 is 0 Å². The summed E-state index contributed by atoms with van der Waals surface area (Å²) < 4.78 is 15.7. The van der Waals surface area contributed by atoms with Crippen molar-refractivity contribution in [3.63, 3.8) is 0 Å². The van der Waals surface area contributed by atoms with Crippen molar-refractivity contribution in [3.05, 3.63) is 59.8 Å². The first-order chi connectivity index (χ1) is 13.7. The number of benzene rings is 2. The predicted molar refractivity (Wildman–Crippen MR) is 105 cm³/mol. The summed E-state index contributed by atoms with van der Waals surface area (Å²) in [5.74, 6) is 1.66. The monoisotopic (exact) mass is 380 g/mol. The van der Waals surface area contributed by atoms with E-state index in [1.807, 2.05) is 12.1 Å². The number of methoxy groups -OCH3 is 3. The average molecular weight is 380 g/mol. The largest absolute Gasteiger partial charge is 0.497 e. The molecule has 8 heteroatoms. The second-order valence-corrected chi connectivity index (χ2v) is 5.69. The Morgan fingerprint density at radius 2 is 1.75 bits per heavy atom.